The normalized spacial score (nSPS) is 14.5. The molecular weight excluding hydrogens is 236 g/mol. The Bertz CT molecular complexity index is 469. The molecule has 0 fully saturated rings. The zero-order chi connectivity index (χ0) is 12.3. The summed E-state index contributed by atoms with van der Waals surface area (Å²) < 4.78 is 5.14. The SMILES string of the molecule is CNC(c1ccoc1Cl)C(C)c1ccccn1. The predicted octanol–water partition coefficient (Wildman–Crippen LogP) is 3.39. The van der Waals surface area contributed by atoms with Gasteiger partial charge in [0.1, 0.15) is 0 Å². The van der Waals surface area contributed by atoms with Gasteiger partial charge in [-0.2, -0.15) is 0 Å². The maximum Gasteiger partial charge on any atom is 0.197 e. The van der Waals surface area contributed by atoms with Crippen LogP contribution in [0.5, 0.6) is 0 Å². The van der Waals surface area contributed by atoms with Gasteiger partial charge in [-0.05, 0) is 36.8 Å². The number of furan rings is 1. The van der Waals surface area contributed by atoms with Crippen molar-refractivity contribution in [3.05, 3.63) is 53.2 Å². The highest BCUT2D eigenvalue weighted by Crippen LogP contribution is 2.33. The minimum atomic E-state index is 0.0937. The van der Waals surface area contributed by atoms with E-state index in [4.69, 9.17) is 16.0 Å². The molecule has 0 amide bonds. The van der Waals surface area contributed by atoms with Gasteiger partial charge in [-0.1, -0.05) is 13.0 Å². The lowest BCUT2D eigenvalue weighted by Gasteiger charge is -2.22. The van der Waals surface area contributed by atoms with Crippen LogP contribution in [0.15, 0.2) is 41.1 Å². The van der Waals surface area contributed by atoms with E-state index in [-0.39, 0.29) is 12.0 Å². The molecule has 0 aliphatic heterocycles. The number of hydrogen-bond acceptors (Lipinski definition) is 3. The molecule has 2 atom stereocenters. The molecule has 90 valence electrons. The highest BCUT2D eigenvalue weighted by Gasteiger charge is 2.23. The zero-order valence-electron chi connectivity index (χ0n) is 9.85. The van der Waals surface area contributed by atoms with Crippen molar-refractivity contribution in [2.75, 3.05) is 7.05 Å². The Hall–Kier alpha value is -1.32. The van der Waals surface area contributed by atoms with Crippen molar-refractivity contribution in [3.8, 4) is 0 Å². The number of aromatic nitrogens is 1. The van der Waals surface area contributed by atoms with Gasteiger partial charge >= 0.3 is 0 Å². The fraction of sp³-hybridized carbons (Fsp3) is 0.308. The number of pyridine rings is 1. The summed E-state index contributed by atoms with van der Waals surface area (Å²) in [4.78, 5) is 4.37. The second-order valence-electron chi connectivity index (χ2n) is 3.96. The molecule has 0 aliphatic rings. The third-order valence-corrected chi connectivity index (χ3v) is 3.25. The Morgan fingerprint density at radius 1 is 1.35 bits per heavy atom. The Morgan fingerprint density at radius 2 is 2.18 bits per heavy atom. The number of hydrogen-bond donors (Lipinski definition) is 1. The van der Waals surface area contributed by atoms with Crippen LogP contribution in [0.1, 0.15) is 30.1 Å². The minimum absolute atomic E-state index is 0.0937. The van der Waals surface area contributed by atoms with Crippen molar-refractivity contribution in [2.45, 2.75) is 18.9 Å². The van der Waals surface area contributed by atoms with Gasteiger partial charge in [0.15, 0.2) is 5.22 Å². The van der Waals surface area contributed by atoms with Crippen LogP contribution >= 0.6 is 11.6 Å². The Morgan fingerprint density at radius 3 is 2.71 bits per heavy atom. The highest BCUT2D eigenvalue weighted by atomic mass is 35.5. The molecule has 0 aromatic carbocycles. The van der Waals surface area contributed by atoms with E-state index in [1.807, 2.05) is 31.3 Å². The molecule has 0 saturated carbocycles. The Labute approximate surface area is 106 Å². The Kier molecular flexibility index (Phi) is 3.82. The van der Waals surface area contributed by atoms with Crippen LogP contribution in [-0.4, -0.2) is 12.0 Å². The van der Waals surface area contributed by atoms with Crippen molar-refractivity contribution in [3.63, 3.8) is 0 Å². The highest BCUT2D eigenvalue weighted by molar-refractivity contribution is 6.29. The van der Waals surface area contributed by atoms with Crippen LogP contribution in [0.3, 0.4) is 0 Å². The standard InChI is InChI=1S/C13H15ClN2O/c1-9(11-5-3-4-7-16-11)12(15-2)10-6-8-17-13(10)14/h3-9,12,15H,1-2H3. The van der Waals surface area contributed by atoms with E-state index in [1.165, 1.54) is 0 Å². The number of halogens is 1. The largest absolute Gasteiger partial charge is 0.453 e. The van der Waals surface area contributed by atoms with E-state index in [0.29, 0.717) is 5.22 Å². The summed E-state index contributed by atoms with van der Waals surface area (Å²) in [6.07, 6.45) is 3.41. The fourth-order valence-electron chi connectivity index (χ4n) is 2.02. The van der Waals surface area contributed by atoms with Crippen LogP contribution in [0.2, 0.25) is 5.22 Å². The average molecular weight is 251 g/mol. The van der Waals surface area contributed by atoms with Gasteiger partial charge in [-0.15, -0.1) is 0 Å². The lowest BCUT2D eigenvalue weighted by atomic mass is 9.93. The third kappa shape index (κ3) is 2.51. The zero-order valence-corrected chi connectivity index (χ0v) is 10.6. The van der Waals surface area contributed by atoms with E-state index in [9.17, 15) is 0 Å². The third-order valence-electron chi connectivity index (χ3n) is 2.95. The molecule has 2 aromatic heterocycles. The summed E-state index contributed by atoms with van der Waals surface area (Å²) in [5.74, 6) is 0.219. The van der Waals surface area contributed by atoms with Gasteiger partial charge < -0.3 is 9.73 Å². The van der Waals surface area contributed by atoms with E-state index in [1.54, 1.807) is 12.5 Å². The molecule has 0 radical (unpaired) electrons. The van der Waals surface area contributed by atoms with Gasteiger partial charge in [0, 0.05) is 29.4 Å². The molecule has 2 aromatic rings. The molecule has 0 aliphatic carbocycles. The summed E-state index contributed by atoms with van der Waals surface area (Å²) in [5, 5.41) is 3.70. The first kappa shape index (κ1) is 12.1. The van der Waals surface area contributed by atoms with Crippen LogP contribution in [-0.2, 0) is 0 Å². The minimum Gasteiger partial charge on any atom is -0.453 e. The Balaban J connectivity index is 2.28. The fourth-order valence-corrected chi connectivity index (χ4v) is 2.25. The van der Waals surface area contributed by atoms with Gasteiger partial charge in [-0.3, -0.25) is 4.98 Å². The smallest absolute Gasteiger partial charge is 0.197 e. The summed E-state index contributed by atoms with van der Waals surface area (Å²) in [6, 6.07) is 7.90. The van der Waals surface area contributed by atoms with E-state index < -0.39 is 0 Å². The second-order valence-corrected chi connectivity index (χ2v) is 4.30. The topological polar surface area (TPSA) is 38.1 Å². The van der Waals surface area contributed by atoms with Crippen molar-refractivity contribution in [1.29, 1.82) is 0 Å². The van der Waals surface area contributed by atoms with Crippen LogP contribution in [0, 0.1) is 0 Å². The summed E-state index contributed by atoms with van der Waals surface area (Å²) in [5.41, 5.74) is 2.00. The lowest BCUT2D eigenvalue weighted by molar-refractivity contribution is 0.488. The quantitative estimate of drug-likeness (QED) is 0.904. The number of nitrogens with zero attached hydrogens (tertiary/aromatic N) is 1. The van der Waals surface area contributed by atoms with Crippen molar-refractivity contribution < 1.29 is 4.42 Å². The monoisotopic (exact) mass is 250 g/mol. The average Bonchev–Trinajstić information content (AvgIpc) is 2.78. The molecule has 4 heteroatoms. The number of likely N-dealkylation sites (N-methyl/N-ethyl adjacent to an activating group) is 1. The molecule has 3 nitrogen and oxygen atoms in total. The van der Waals surface area contributed by atoms with Crippen LogP contribution in [0.25, 0.3) is 0 Å². The van der Waals surface area contributed by atoms with Crippen molar-refractivity contribution in [1.82, 2.24) is 10.3 Å². The van der Waals surface area contributed by atoms with E-state index in [2.05, 4.69) is 17.2 Å². The lowest BCUT2D eigenvalue weighted by Crippen LogP contribution is -2.22. The first-order valence-electron chi connectivity index (χ1n) is 5.55. The molecule has 0 bridgehead atoms. The molecular formula is C13H15ClN2O. The van der Waals surface area contributed by atoms with E-state index >= 15 is 0 Å². The molecule has 0 saturated heterocycles. The van der Waals surface area contributed by atoms with E-state index in [0.717, 1.165) is 11.3 Å². The molecule has 17 heavy (non-hydrogen) atoms. The molecule has 2 rings (SSSR count). The summed E-state index contributed by atoms with van der Waals surface area (Å²) in [6.45, 7) is 2.12. The number of nitrogens with one attached hydrogen (secondary N) is 1. The summed E-state index contributed by atoms with van der Waals surface area (Å²) >= 11 is 6.02. The maximum absolute atomic E-state index is 6.02. The summed E-state index contributed by atoms with van der Waals surface area (Å²) in [7, 11) is 1.91. The van der Waals surface area contributed by atoms with Gasteiger partial charge in [0.2, 0.25) is 0 Å². The van der Waals surface area contributed by atoms with Crippen LogP contribution < -0.4 is 5.32 Å². The first-order valence-corrected chi connectivity index (χ1v) is 5.93. The first-order chi connectivity index (χ1) is 8.24. The van der Waals surface area contributed by atoms with Gasteiger partial charge in [0.25, 0.3) is 0 Å². The molecule has 2 unspecified atom stereocenters. The predicted molar refractivity (Wildman–Crippen MR) is 68.2 cm³/mol. The molecule has 1 N–H and O–H groups in total. The van der Waals surface area contributed by atoms with Gasteiger partial charge in [-0.25, -0.2) is 0 Å². The van der Waals surface area contributed by atoms with Crippen molar-refractivity contribution in [2.24, 2.45) is 0 Å². The number of rotatable bonds is 4. The second kappa shape index (κ2) is 5.34. The van der Waals surface area contributed by atoms with Crippen molar-refractivity contribution >= 4 is 11.6 Å². The van der Waals surface area contributed by atoms with Gasteiger partial charge in [0.05, 0.1) is 6.26 Å². The van der Waals surface area contributed by atoms with Crippen LogP contribution in [0.4, 0.5) is 0 Å². The molecule has 2 heterocycles. The molecule has 0 spiro atoms. The maximum atomic E-state index is 6.02.